The largest absolute Gasteiger partial charge is 0.481 e. The average molecular weight is 228 g/mol. The number of urea groups is 1. The summed E-state index contributed by atoms with van der Waals surface area (Å²) in [6.45, 7) is 2.75. The summed E-state index contributed by atoms with van der Waals surface area (Å²) in [5.74, 6) is -0.421. The van der Waals surface area contributed by atoms with E-state index >= 15 is 0 Å². The Morgan fingerprint density at radius 1 is 1.31 bits per heavy atom. The molecule has 0 saturated heterocycles. The second-order valence-corrected chi connectivity index (χ2v) is 4.44. The number of aliphatic carboxylic acids is 1. The number of carbonyl (C=O) groups excluding carboxylic acids is 1. The molecule has 0 aromatic carbocycles. The van der Waals surface area contributed by atoms with Crippen LogP contribution in [0.15, 0.2) is 0 Å². The first-order valence-electron chi connectivity index (χ1n) is 5.84. The van der Waals surface area contributed by atoms with Crippen molar-refractivity contribution in [3.8, 4) is 0 Å². The van der Waals surface area contributed by atoms with Gasteiger partial charge in [-0.05, 0) is 18.8 Å². The molecule has 1 atom stereocenters. The van der Waals surface area contributed by atoms with Crippen LogP contribution in [0, 0.1) is 11.8 Å². The van der Waals surface area contributed by atoms with Crippen molar-refractivity contribution in [3.05, 3.63) is 0 Å². The Morgan fingerprint density at radius 2 is 1.94 bits per heavy atom. The molecule has 92 valence electrons. The van der Waals surface area contributed by atoms with Crippen molar-refractivity contribution in [3.63, 3.8) is 0 Å². The van der Waals surface area contributed by atoms with Crippen molar-refractivity contribution in [2.24, 2.45) is 11.8 Å². The van der Waals surface area contributed by atoms with E-state index < -0.39 is 11.9 Å². The Hall–Kier alpha value is -1.26. The Bertz CT molecular complexity index is 252. The van der Waals surface area contributed by atoms with Crippen LogP contribution >= 0.6 is 0 Å². The number of nitrogens with one attached hydrogen (secondary N) is 2. The number of hydrogen-bond acceptors (Lipinski definition) is 2. The lowest BCUT2D eigenvalue weighted by Crippen LogP contribution is -2.37. The van der Waals surface area contributed by atoms with Gasteiger partial charge < -0.3 is 15.7 Å². The molecule has 0 aromatic heterocycles. The van der Waals surface area contributed by atoms with Crippen LogP contribution in [-0.2, 0) is 4.79 Å². The predicted molar refractivity (Wildman–Crippen MR) is 60.2 cm³/mol. The van der Waals surface area contributed by atoms with Gasteiger partial charge in [-0.3, -0.25) is 4.79 Å². The zero-order chi connectivity index (χ0) is 12.0. The van der Waals surface area contributed by atoms with E-state index in [1.807, 2.05) is 0 Å². The monoisotopic (exact) mass is 228 g/mol. The first-order chi connectivity index (χ1) is 7.59. The summed E-state index contributed by atoms with van der Waals surface area (Å²) < 4.78 is 0. The van der Waals surface area contributed by atoms with Crippen molar-refractivity contribution in [1.82, 2.24) is 10.6 Å². The van der Waals surface area contributed by atoms with Gasteiger partial charge in [0.15, 0.2) is 0 Å². The molecule has 0 bridgehead atoms. The van der Waals surface area contributed by atoms with E-state index in [2.05, 4.69) is 10.6 Å². The van der Waals surface area contributed by atoms with Crippen molar-refractivity contribution in [1.29, 1.82) is 0 Å². The highest BCUT2D eigenvalue weighted by Gasteiger charge is 2.20. The number of amides is 2. The Morgan fingerprint density at radius 3 is 2.50 bits per heavy atom. The molecule has 0 aliphatic heterocycles. The van der Waals surface area contributed by atoms with E-state index in [4.69, 9.17) is 5.11 Å². The summed E-state index contributed by atoms with van der Waals surface area (Å²) >= 11 is 0. The molecule has 1 fully saturated rings. The minimum atomic E-state index is -0.823. The molecule has 0 radical (unpaired) electrons. The Kier molecular flexibility index (Phi) is 5.08. The van der Waals surface area contributed by atoms with Crippen molar-refractivity contribution in [2.45, 2.75) is 32.6 Å². The zero-order valence-electron chi connectivity index (χ0n) is 9.66. The quantitative estimate of drug-likeness (QED) is 0.612. The molecule has 3 N–H and O–H groups in total. The van der Waals surface area contributed by atoms with E-state index in [0.29, 0.717) is 19.5 Å². The molecule has 2 amide bonds. The first-order valence-corrected chi connectivity index (χ1v) is 5.84. The van der Waals surface area contributed by atoms with Crippen molar-refractivity contribution in [2.75, 3.05) is 13.1 Å². The zero-order valence-corrected chi connectivity index (χ0v) is 9.66. The van der Waals surface area contributed by atoms with Crippen LogP contribution in [0.3, 0.4) is 0 Å². The minimum Gasteiger partial charge on any atom is -0.481 e. The number of carboxylic acid groups (broad SMARTS) is 1. The molecule has 1 aliphatic carbocycles. The molecule has 0 aromatic rings. The standard InChI is InChI=1S/C11H20N2O3/c1-8(10(14)15)4-6-12-11(16)13-7-5-9-2-3-9/h8-9H,2-7H2,1H3,(H,14,15)(H2,12,13,16). The third kappa shape index (κ3) is 5.58. The Balaban J connectivity index is 1.94. The molecular formula is C11H20N2O3. The highest BCUT2D eigenvalue weighted by molar-refractivity contribution is 5.74. The van der Waals surface area contributed by atoms with Crippen LogP contribution in [-0.4, -0.2) is 30.2 Å². The molecular weight excluding hydrogens is 208 g/mol. The second-order valence-electron chi connectivity index (χ2n) is 4.44. The topological polar surface area (TPSA) is 78.4 Å². The number of hydrogen-bond donors (Lipinski definition) is 3. The molecule has 0 spiro atoms. The van der Waals surface area contributed by atoms with Gasteiger partial charge in [-0.15, -0.1) is 0 Å². The lowest BCUT2D eigenvalue weighted by atomic mass is 10.1. The van der Waals surface area contributed by atoms with Gasteiger partial charge in [0.25, 0.3) is 0 Å². The van der Waals surface area contributed by atoms with Crippen LogP contribution in [0.1, 0.15) is 32.6 Å². The Labute approximate surface area is 95.6 Å². The van der Waals surface area contributed by atoms with Gasteiger partial charge in [0.05, 0.1) is 5.92 Å². The average Bonchev–Trinajstić information content (AvgIpc) is 3.01. The molecule has 1 saturated carbocycles. The fourth-order valence-electron chi connectivity index (χ4n) is 1.38. The summed E-state index contributed by atoms with van der Waals surface area (Å²) in [6.07, 6.45) is 4.10. The highest BCUT2D eigenvalue weighted by atomic mass is 16.4. The van der Waals surface area contributed by atoms with Gasteiger partial charge >= 0.3 is 12.0 Å². The van der Waals surface area contributed by atoms with E-state index in [1.165, 1.54) is 12.8 Å². The maximum absolute atomic E-state index is 11.2. The summed E-state index contributed by atoms with van der Waals surface area (Å²) in [5.41, 5.74) is 0. The number of rotatable bonds is 7. The molecule has 1 aliphatic rings. The predicted octanol–water partition coefficient (Wildman–Crippen LogP) is 1.20. The fourth-order valence-corrected chi connectivity index (χ4v) is 1.38. The van der Waals surface area contributed by atoms with Crippen LogP contribution in [0.25, 0.3) is 0 Å². The third-order valence-electron chi connectivity index (χ3n) is 2.82. The summed E-state index contributed by atoms with van der Waals surface area (Å²) in [6, 6.07) is -0.196. The summed E-state index contributed by atoms with van der Waals surface area (Å²) in [7, 11) is 0. The SMILES string of the molecule is CC(CCNC(=O)NCCC1CC1)C(=O)O. The lowest BCUT2D eigenvalue weighted by Gasteiger charge is -2.09. The van der Waals surface area contributed by atoms with Crippen LogP contribution in [0.2, 0.25) is 0 Å². The minimum absolute atomic E-state index is 0.196. The smallest absolute Gasteiger partial charge is 0.314 e. The highest BCUT2D eigenvalue weighted by Crippen LogP contribution is 2.31. The first kappa shape index (κ1) is 12.8. The van der Waals surface area contributed by atoms with Gasteiger partial charge in [0.1, 0.15) is 0 Å². The molecule has 1 unspecified atom stereocenters. The lowest BCUT2D eigenvalue weighted by molar-refractivity contribution is -0.141. The van der Waals surface area contributed by atoms with E-state index in [0.717, 1.165) is 12.3 Å². The van der Waals surface area contributed by atoms with E-state index in [9.17, 15) is 9.59 Å². The van der Waals surface area contributed by atoms with Gasteiger partial charge in [0.2, 0.25) is 0 Å². The van der Waals surface area contributed by atoms with E-state index in [1.54, 1.807) is 6.92 Å². The summed E-state index contributed by atoms with van der Waals surface area (Å²) in [4.78, 5) is 21.7. The second kappa shape index (κ2) is 6.35. The van der Waals surface area contributed by atoms with Crippen LogP contribution in [0.5, 0.6) is 0 Å². The number of carboxylic acids is 1. The fraction of sp³-hybridized carbons (Fsp3) is 0.818. The van der Waals surface area contributed by atoms with Crippen molar-refractivity contribution < 1.29 is 14.7 Å². The molecule has 16 heavy (non-hydrogen) atoms. The maximum atomic E-state index is 11.2. The van der Waals surface area contributed by atoms with Crippen molar-refractivity contribution >= 4 is 12.0 Å². The normalized spacial score (nSPS) is 16.6. The molecule has 1 rings (SSSR count). The third-order valence-corrected chi connectivity index (χ3v) is 2.82. The van der Waals surface area contributed by atoms with Gasteiger partial charge in [-0.2, -0.15) is 0 Å². The van der Waals surface area contributed by atoms with E-state index in [-0.39, 0.29) is 6.03 Å². The van der Waals surface area contributed by atoms with Crippen LogP contribution < -0.4 is 10.6 Å². The molecule has 5 heteroatoms. The van der Waals surface area contributed by atoms with Gasteiger partial charge in [0, 0.05) is 13.1 Å². The van der Waals surface area contributed by atoms with Gasteiger partial charge in [-0.25, -0.2) is 4.79 Å². The van der Waals surface area contributed by atoms with Crippen LogP contribution in [0.4, 0.5) is 4.79 Å². The van der Waals surface area contributed by atoms with Gasteiger partial charge in [-0.1, -0.05) is 19.8 Å². The molecule has 5 nitrogen and oxygen atoms in total. The summed E-state index contributed by atoms with van der Waals surface area (Å²) in [5, 5.41) is 14.0. The molecule has 0 heterocycles. The number of carbonyl (C=O) groups is 2. The maximum Gasteiger partial charge on any atom is 0.314 e.